The summed E-state index contributed by atoms with van der Waals surface area (Å²) in [5, 5.41) is 13.9. The lowest BCUT2D eigenvalue weighted by Gasteiger charge is -2.31. The van der Waals surface area contributed by atoms with Crippen molar-refractivity contribution in [1.82, 2.24) is 4.90 Å². The molecule has 5 heteroatoms. The summed E-state index contributed by atoms with van der Waals surface area (Å²) in [4.78, 5) is 12.7. The third kappa shape index (κ3) is 3.92. The van der Waals surface area contributed by atoms with Crippen molar-refractivity contribution in [2.45, 2.75) is 19.8 Å². The summed E-state index contributed by atoms with van der Waals surface area (Å²) in [6.45, 7) is 6.67. The number of benzene rings is 1. The number of piperidine rings is 1. The molecule has 0 aliphatic carbocycles. The summed E-state index contributed by atoms with van der Waals surface area (Å²) in [7, 11) is 0. The van der Waals surface area contributed by atoms with Crippen LogP contribution in [-0.4, -0.2) is 36.0 Å². The van der Waals surface area contributed by atoms with Gasteiger partial charge in [-0.25, -0.2) is 0 Å². The Hall–Kier alpha value is -1.62. The van der Waals surface area contributed by atoms with Gasteiger partial charge in [0.05, 0.1) is 4.92 Å². The van der Waals surface area contributed by atoms with Crippen molar-refractivity contribution >= 4 is 11.4 Å². The van der Waals surface area contributed by atoms with Crippen LogP contribution in [0.25, 0.3) is 0 Å². The topological polar surface area (TPSA) is 58.4 Å². The van der Waals surface area contributed by atoms with Crippen LogP contribution >= 0.6 is 0 Å². The molecule has 5 nitrogen and oxygen atoms in total. The first-order valence-corrected chi connectivity index (χ1v) is 6.89. The van der Waals surface area contributed by atoms with Crippen LogP contribution in [0.3, 0.4) is 0 Å². The van der Waals surface area contributed by atoms with Gasteiger partial charge in [-0.2, -0.15) is 0 Å². The number of nitrogens with zero attached hydrogens (tertiary/aromatic N) is 2. The quantitative estimate of drug-likeness (QED) is 0.655. The first-order chi connectivity index (χ1) is 9.19. The van der Waals surface area contributed by atoms with Crippen LogP contribution in [0.4, 0.5) is 11.4 Å². The number of non-ortho nitro benzene ring substituents is 1. The summed E-state index contributed by atoms with van der Waals surface area (Å²) in [6, 6.07) is 6.64. The first-order valence-electron chi connectivity index (χ1n) is 6.89. The maximum Gasteiger partial charge on any atom is 0.269 e. The molecule has 0 unspecified atom stereocenters. The Balaban J connectivity index is 1.78. The number of nitrogens with one attached hydrogen (secondary N) is 1. The van der Waals surface area contributed by atoms with Crippen molar-refractivity contribution in [3.63, 3.8) is 0 Å². The maximum atomic E-state index is 10.6. The highest BCUT2D eigenvalue weighted by Crippen LogP contribution is 2.19. The Morgan fingerprint density at radius 3 is 2.47 bits per heavy atom. The maximum absolute atomic E-state index is 10.6. The molecule has 0 aromatic heterocycles. The zero-order chi connectivity index (χ0) is 13.7. The summed E-state index contributed by atoms with van der Waals surface area (Å²) < 4.78 is 0. The van der Waals surface area contributed by atoms with Crippen molar-refractivity contribution < 1.29 is 4.92 Å². The molecule has 1 aromatic rings. The highest BCUT2D eigenvalue weighted by Gasteiger charge is 2.17. The van der Waals surface area contributed by atoms with Gasteiger partial charge in [-0.3, -0.25) is 10.1 Å². The van der Waals surface area contributed by atoms with Gasteiger partial charge >= 0.3 is 0 Å². The van der Waals surface area contributed by atoms with Crippen molar-refractivity contribution in [2.24, 2.45) is 5.92 Å². The summed E-state index contributed by atoms with van der Waals surface area (Å²) in [6.07, 6.45) is 2.46. The van der Waals surface area contributed by atoms with Crippen LogP contribution in [0, 0.1) is 16.0 Å². The van der Waals surface area contributed by atoms with Gasteiger partial charge in [-0.05, 0) is 50.5 Å². The largest absolute Gasteiger partial charge is 0.385 e. The molecule has 1 aliphatic rings. The molecule has 1 heterocycles. The first kappa shape index (κ1) is 13.8. The molecular weight excluding hydrogens is 242 g/mol. The van der Waals surface area contributed by atoms with E-state index >= 15 is 0 Å². The molecule has 1 aliphatic heterocycles. The van der Waals surface area contributed by atoms with E-state index in [1.165, 1.54) is 25.9 Å². The van der Waals surface area contributed by atoms with Crippen molar-refractivity contribution in [1.29, 1.82) is 0 Å². The number of hydrogen-bond acceptors (Lipinski definition) is 4. The molecule has 104 valence electrons. The molecule has 19 heavy (non-hydrogen) atoms. The second-order valence-electron chi connectivity index (χ2n) is 5.06. The molecule has 1 aromatic carbocycles. The van der Waals surface area contributed by atoms with E-state index in [-0.39, 0.29) is 10.6 Å². The third-order valence-corrected chi connectivity index (χ3v) is 3.83. The summed E-state index contributed by atoms with van der Waals surface area (Å²) in [5.74, 6) is 0.706. The Morgan fingerprint density at radius 1 is 1.32 bits per heavy atom. The standard InChI is InChI=1S/C14H21N3O2/c1-2-16-9-7-12(8-10-16)11-15-13-3-5-14(6-4-13)17(18)19/h3-6,12,15H,2,7-11H2,1H3. The lowest BCUT2D eigenvalue weighted by atomic mass is 9.97. The minimum absolute atomic E-state index is 0.141. The summed E-state index contributed by atoms with van der Waals surface area (Å²) in [5.41, 5.74) is 1.10. The molecule has 1 fully saturated rings. The molecule has 2 rings (SSSR count). The zero-order valence-electron chi connectivity index (χ0n) is 11.3. The lowest BCUT2D eigenvalue weighted by Crippen LogP contribution is -2.35. The fourth-order valence-electron chi connectivity index (χ4n) is 2.47. The van der Waals surface area contributed by atoms with Crippen LogP contribution in [0.15, 0.2) is 24.3 Å². The predicted molar refractivity (Wildman–Crippen MR) is 76.4 cm³/mol. The van der Waals surface area contributed by atoms with Gasteiger partial charge < -0.3 is 10.2 Å². The van der Waals surface area contributed by atoms with Gasteiger partial charge in [-0.1, -0.05) is 6.92 Å². The Morgan fingerprint density at radius 2 is 1.95 bits per heavy atom. The SMILES string of the molecule is CCN1CCC(CNc2ccc([N+](=O)[O-])cc2)CC1. The molecule has 0 spiro atoms. The van der Waals surface area contributed by atoms with Gasteiger partial charge in [0.15, 0.2) is 0 Å². The smallest absolute Gasteiger partial charge is 0.269 e. The Kier molecular flexibility index (Phi) is 4.74. The number of likely N-dealkylation sites (tertiary alicyclic amines) is 1. The highest BCUT2D eigenvalue weighted by atomic mass is 16.6. The van der Waals surface area contributed by atoms with Gasteiger partial charge in [0.1, 0.15) is 0 Å². The van der Waals surface area contributed by atoms with E-state index in [2.05, 4.69) is 17.1 Å². The van der Waals surface area contributed by atoms with Gasteiger partial charge in [0.2, 0.25) is 0 Å². The fraction of sp³-hybridized carbons (Fsp3) is 0.571. The van der Waals surface area contributed by atoms with Crippen LogP contribution in [-0.2, 0) is 0 Å². The van der Waals surface area contributed by atoms with E-state index < -0.39 is 0 Å². The second-order valence-corrected chi connectivity index (χ2v) is 5.06. The van der Waals surface area contributed by atoms with Gasteiger partial charge in [-0.15, -0.1) is 0 Å². The van der Waals surface area contributed by atoms with E-state index in [4.69, 9.17) is 0 Å². The van der Waals surface area contributed by atoms with E-state index in [1.807, 2.05) is 0 Å². The van der Waals surface area contributed by atoms with E-state index in [0.717, 1.165) is 18.8 Å². The lowest BCUT2D eigenvalue weighted by molar-refractivity contribution is -0.384. The minimum Gasteiger partial charge on any atom is -0.385 e. The molecule has 0 radical (unpaired) electrons. The number of nitro groups is 1. The summed E-state index contributed by atoms with van der Waals surface area (Å²) >= 11 is 0. The Labute approximate surface area is 113 Å². The second kappa shape index (κ2) is 6.52. The van der Waals surface area contributed by atoms with Crippen LogP contribution < -0.4 is 5.32 Å². The van der Waals surface area contributed by atoms with Crippen molar-refractivity contribution in [2.75, 3.05) is 31.5 Å². The molecule has 1 N–H and O–H groups in total. The van der Waals surface area contributed by atoms with Crippen LogP contribution in [0.2, 0.25) is 0 Å². The molecule has 1 saturated heterocycles. The van der Waals surface area contributed by atoms with Crippen LogP contribution in [0.1, 0.15) is 19.8 Å². The van der Waals surface area contributed by atoms with E-state index in [9.17, 15) is 10.1 Å². The molecule has 0 atom stereocenters. The minimum atomic E-state index is -0.371. The van der Waals surface area contributed by atoms with E-state index in [1.54, 1.807) is 24.3 Å². The van der Waals surface area contributed by atoms with Crippen LogP contribution in [0.5, 0.6) is 0 Å². The number of rotatable bonds is 5. The predicted octanol–water partition coefficient (Wildman–Crippen LogP) is 2.74. The number of hydrogen-bond donors (Lipinski definition) is 1. The monoisotopic (exact) mass is 263 g/mol. The molecule has 0 bridgehead atoms. The highest BCUT2D eigenvalue weighted by molar-refractivity contribution is 5.48. The molecular formula is C14H21N3O2. The molecule has 0 saturated carbocycles. The zero-order valence-corrected chi connectivity index (χ0v) is 11.3. The fourth-order valence-corrected chi connectivity index (χ4v) is 2.47. The molecule has 0 amide bonds. The van der Waals surface area contributed by atoms with Crippen molar-refractivity contribution in [3.8, 4) is 0 Å². The average molecular weight is 263 g/mol. The average Bonchev–Trinajstić information content (AvgIpc) is 2.46. The number of anilines is 1. The van der Waals surface area contributed by atoms with Crippen molar-refractivity contribution in [3.05, 3.63) is 34.4 Å². The third-order valence-electron chi connectivity index (χ3n) is 3.83. The van der Waals surface area contributed by atoms with E-state index in [0.29, 0.717) is 5.92 Å². The Bertz CT molecular complexity index is 411. The van der Waals surface area contributed by atoms with Gasteiger partial charge in [0.25, 0.3) is 5.69 Å². The van der Waals surface area contributed by atoms with Gasteiger partial charge in [0, 0.05) is 24.4 Å². The normalized spacial score (nSPS) is 17.3. The number of nitro benzene ring substituents is 1.